The maximum absolute atomic E-state index is 13.2. The van der Waals surface area contributed by atoms with Crippen LogP contribution >= 0.6 is 34.4 Å². The standard InChI is InChI=1S/C21H19N5O3S3/c1-21-9-8-17(28)26(21)15-7-3-2-6-14(15)18(29)25(21)11-16(27)22-19-23-24-20(32-19)31-12-13-5-4-10-30-13/h2-7,10H,8-9,11-12H2,1H3,(H,22,23,27). The zero-order valence-corrected chi connectivity index (χ0v) is 19.6. The maximum atomic E-state index is 13.2. The Bertz CT molecular complexity index is 1200. The Labute approximate surface area is 196 Å². The molecule has 32 heavy (non-hydrogen) atoms. The number of anilines is 2. The predicted octanol–water partition coefficient (Wildman–Crippen LogP) is 3.83. The zero-order chi connectivity index (χ0) is 22.3. The molecule has 4 heterocycles. The molecular weight excluding hydrogens is 466 g/mol. The number of thioether (sulfide) groups is 1. The van der Waals surface area contributed by atoms with Crippen LogP contribution < -0.4 is 10.2 Å². The summed E-state index contributed by atoms with van der Waals surface area (Å²) in [6, 6.07) is 11.1. The van der Waals surface area contributed by atoms with Gasteiger partial charge in [0.25, 0.3) is 5.91 Å². The summed E-state index contributed by atoms with van der Waals surface area (Å²) in [5, 5.41) is 13.3. The summed E-state index contributed by atoms with van der Waals surface area (Å²) in [5.41, 5.74) is 0.162. The molecule has 0 radical (unpaired) electrons. The molecule has 0 aliphatic carbocycles. The van der Waals surface area contributed by atoms with E-state index in [0.717, 1.165) is 10.1 Å². The van der Waals surface area contributed by atoms with Crippen molar-refractivity contribution < 1.29 is 14.4 Å². The van der Waals surface area contributed by atoms with Crippen molar-refractivity contribution in [3.63, 3.8) is 0 Å². The van der Waals surface area contributed by atoms with Gasteiger partial charge in [-0.2, -0.15) is 0 Å². The lowest BCUT2D eigenvalue weighted by molar-refractivity contribution is -0.120. The Morgan fingerprint density at radius 1 is 1.22 bits per heavy atom. The molecule has 0 bridgehead atoms. The second-order valence-corrected chi connectivity index (χ2v) is 10.9. The Balaban J connectivity index is 1.30. The molecule has 0 saturated carbocycles. The number of nitrogens with one attached hydrogen (secondary N) is 1. The highest BCUT2D eigenvalue weighted by Gasteiger charge is 2.53. The average Bonchev–Trinajstić information content (AvgIpc) is 3.51. The summed E-state index contributed by atoms with van der Waals surface area (Å²) in [4.78, 5) is 43.1. The lowest BCUT2D eigenvalue weighted by atomic mass is 9.98. The first-order valence-corrected chi connectivity index (χ1v) is 12.7. The Morgan fingerprint density at radius 3 is 2.88 bits per heavy atom. The van der Waals surface area contributed by atoms with Gasteiger partial charge in [0.05, 0.1) is 11.3 Å². The van der Waals surface area contributed by atoms with E-state index >= 15 is 0 Å². The number of hydrogen-bond donors (Lipinski definition) is 1. The first kappa shape index (κ1) is 21.1. The van der Waals surface area contributed by atoms with Crippen molar-refractivity contribution in [1.29, 1.82) is 0 Å². The van der Waals surface area contributed by atoms with Gasteiger partial charge < -0.3 is 4.90 Å². The van der Waals surface area contributed by atoms with Crippen molar-refractivity contribution in [3.05, 3.63) is 52.2 Å². The van der Waals surface area contributed by atoms with Crippen molar-refractivity contribution in [2.75, 3.05) is 16.8 Å². The molecule has 1 unspecified atom stereocenters. The van der Waals surface area contributed by atoms with E-state index in [1.54, 1.807) is 46.2 Å². The van der Waals surface area contributed by atoms with Gasteiger partial charge in [0.15, 0.2) is 4.34 Å². The lowest BCUT2D eigenvalue weighted by Gasteiger charge is -2.48. The summed E-state index contributed by atoms with van der Waals surface area (Å²) in [6.45, 7) is 1.66. The van der Waals surface area contributed by atoms with Crippen molar-refractivity contribution >= 4 is 63.0 Å². The molecule has 3 amide bonds. The van der Waals surface area contributed by atoms with Gasteiger partial charge in [-0.3, -0.25) is 24.6 Å². The maximum Gasteiger partial charge on any atom is 0.258 e. The Hall–Kier alpha value is -2.76. The molecule has 1 saturated heterocycles. The molecule has 8 nitrogen and oxygen atoms in total. The molecule has 2 aliphatic heterocycles. The average molecular weight is 486 g/mol. The van der Waals surface area contributed by atoms with E-state index < -0.39 is 5.66 Å². The van der Waals surface area contributed by atoms with E-state index in [-0.39, 0.29) is 24.3 Å². The van der Waals surface area contributed by atoms with Crippen LogP contribution in [0.15, 0.2) is 46.1 Å². The van der Waals surface area contributed by atoms with E-state index in [1.807, 2.05) is 24.4 Å². The third-order valence-corrected chi connectivity index (χ3v) is 8.70. The minimum absolute atomic E-state index is 0.0469. The zero-order valence-electron chi connectivity index (χ0n) is 17.1. The monoisotopic (exact) mass is 485 g/mol. The van der Waals surface area contributed by atoms with Crippen LogP contribution in [0.2, 0.25) is 0 Å². The number of thiophene rings is 1. The molecule has 3 aromatic rings. The molecule has 1 aromatic carbocycles. The van der Waals surface area contributed by atoms with E-state index in [2.05, 4.69) is 21.6 Å². The number of amides is 3. The topological polar surface area (TPSA) is 95.5 Å². The minimum Gasteiger partial charge on any atom is -0.306 e. The quantitative estimate of drug-likeness (QED) is 0.421. The number of carbonyl (C=O) groups is 3. The van der Waals surface area contributed by atoms with Crippen LogP contribution in [0.3, 0.4) is 0 Å². The van der Waals surface area contributed by atoms with Gasteiger partial charge in [0.1, 0.15) is 12.2 Å². The van der Waals surface area contributed by atoms with E-state index in [4.69, 9.17) is 0 Å². The summed E-state index contributed by atoms with van der Waals surface area (Å²) in [7, 11) is 0. The predicted molar refractivity (Wildman–Crippen MR) is 125 cm³/mol. The first-order chi connectivity index (χ1) is 15.5. The van der Waals surface area contributed by atoms with Crippen LogP contribution in [0, 0.1) is 0 Å². The highest BCUT2D eigenvalue weighted by molar-refractivity contribution is 8.00. The summed E-state index contributed by atoms with van der Waals surface area (Å²) in [5.74, 6) is 0.122. The van der Waals surface area contributed by atoms with Crippen molar-refractivity contribution in [1.82, 2.24) is 15.1 Å². The third-order valence-electron chi connectivity index (χ3n) is 5.62. The fourth-order valence-electron chi connectivity index (χ4n) is 4.09. The molecule has 2 aliphatic rings. The largest absolute Gasteiger partial charge is 0.306 e. The summed E-state index contributed by atoms with van der Waals surface area (Å²) in [6.07, 6.45) is 0.805. The summed E-state index contributed by atoms with van der Waals surface area (Å²) < 4.78 is 0.760. The van der Waals surface area contributed by atoms with Crippen LogP contribution in [-0.4, -0.2) is 45.0 Å². The second-order valence-electron chi connectivity index (χ2n) is 7.64. The molecule has 5 rings (SSSR count). The first-order valence-electron chi connectivity index (χ1n) is 9.98. The number of rotatable bonds is 6. The van der Waals surface area contributed by atoms with Crippen LogP contribution in [0.4, 0.5) is 10.8 Å². The van der Waals surface area contributed by atoms with Gasteiger partial charge in [-0.05, 0) is 36.9 Å². The van der Waals surface area contributed by atoms with Gasteiger partial charge >= 0.3 is 0 Å². The normalized spacial score (nSPS) is 19.8. The van der Waals surface area contributed by atoms with Crippen molar-refractivity contribution in [2.45, 2.75) is 35.5 Å². The van der Waals surface area contributed by atoms with Crippen LogP contribution in [0.25, 0.3) is 0 Å². The van der Waals surface area contributed by atoms with E-state index in [9.17, 15) is 14.4 Å². The Morgan fingerprint density at radius 2 is 2.06 bits per heavy atom. The molecule has 1 fully saturated rings. The lowest BCUT2D eigenvalue weighted by Crippen LogP contribution is -2.63. The molecule has 0 spiro atoms. The fraction of sp³-hybridized carbons (Fsp3) is 0.286. The van der Waals surface area contributed by atoms with Crippen molar-refractivity contribution in [2.24, 2.45) is 0 Å². The number of aromatic nitrogens is 2. The number of carbonyl (C=O) groups excluding carboxylic acids is 3. The second kappa shape index (κ2) is 8.30. The van der Waals surface area contributed by atoms with Crippen LogP contribution in [0.5, 0.6) is 0 Å². The summed E-state index contributed by atoms with van der Waals surface area (Å²) >= 11 is 4.54. The van der Waals surface area contributed by atoms with Gasteiger partial charge in [-0.15, -0.1) is 21.5 Å². The highest BCUT2D eigenvalue weighted by Crippen LogP contribution is 2.43. The molecular formula is C21H19N5O3S3. The highest BCUT2D eigenvalue weighted by atomic mass is 32.2. The molecule has 2 aromatic heterocycles. The Kier molecular flexibility index (Phi) is 5.48. The number of nitrogens with zero attached hydrogens (tertiary/aromatic N) is 4. The van der Waals surface area contributed by atoms with E-state index in [1.165, 1.54) is 21.1 Å². The van der Waals surface area contributed by atoms with Gasteiger partial charge in [-0.25, -0.2) is 0 Å². The molecule has 11 heteroatoms. The SMILES string of the molecule is CC12CCC(=O)N1c1ccccc1C(=O)N2CC(=O)Nc1nnc(SCc2cccs2)s1. The number of hydrogen-bond acceptors (Lipinski definition) is 8. The van der Waals surface area contributed by atoms with E-state index in [0.29, 0.717) is 29.2 Å². The molecule has 1 atom stereocenters. The van der Waals surface area contributed by atoms with Gasteiger partial charge in [0.2, 0.25) is 16.9 Å². The molecule has 1 N–H and O–H groups in total. The number of para-hydroxylation sites is 1. The smallest absolute Gasteiger partial charge is 0.258 e. The number of benzene rings is 1. The minimum atomic E-state index is -0.872. The van der Waals surface area contributed by atoms with Gasteiger partial charge in [-0.1, -0.05) is 41.3 Å². The fourth-order valence-corrected chi connectivity index (χ4v) is 6.63. The van der Waals surface area contributed by atoms with Crippen molar-refractivity contribution in [3.8, 4) is 0 Å². The molecule has 164 valence electrons. The number of fused-ring (bicyclic) bond motifs is 3. The van der Waals surface area contributed by atoms with Crippen LogP contribution in [-0.2, 0) is 15.3 Å². The van der Waals surface area contributed by atoms with Gasteiger partial charge in [0, 0.05) is 17.1 Å². The third kappa shape index (κ3) is 3.70. The van der Waals surface area contributed by atoms with Crippen LogP contribution in [0.1, 0.15) is 35.0 Å².